The summed E-state index contributed by atoms with van der Waals surface area (Å²) >= 11 is 0. The summed E-state index contributed by atoms with van der Waals surface area (Å²) < 4.78 is 11.2. The quantitative estimate of drug-likeness (QED) is 0.285. The number of aryl methyl sites for hydroxylation is 1. The van der Waals surface area contributed by atoms with Crippen LogP contribution in [0.1, 0.15) is 56.6 Å². The lowest BCUT2D eigenvalue weighted by Crippen LogP contribution is -2.24. The second-order valence-corrected chi connectivity index (χ2v) is 7.08. The lowest BCUT2D eigenvalue weighted by molar-refractivity contribution is -0.123. The van der Waals surface area contributed by atoms with E-state index in [1.54, 1.807) is 18.3 Å². The molecule has 0 saturated heterocycles. The number of rotatable bonds is 13. The van der Waals surface area contributed by atoms with Crippen molar-refractivity contribution in [3.8, 4) is 11.5 Å². The lowest BCUT2D eigenvalue weighted by atomic mass is 10.1. The molecule has 0 bridgehead atoms. The number of nitrogens with one attached hydrogen (secondary N) is 1. The number of hydrogen-bond acceptors (Lipinski definition) is 4. The topological polar surface area (TPSA) is 59.9 Å². The Morgan fingerprint density at radius 1 is 0.897 bits per heavy atom. The molecule has 0 aliphatic heterocycles. The fraction of sp³-hybridized carbons (Fsp3) is 0.417. The van der Waals surface area contributed by atoms with Crippen molar-refractivity contribution in [2.75, 3.05) is 13.2 Å². The Morgan fingerprint density at radius 3 is 2.21 bits per heavy atom. The molecular formula is C24H32N2O3. The summed E-state index contributed by atoms with van der Waals surface area (Å²) in [6, 6.07) is 15.2. The highest BCUT2D eigenvalue weighted by Gasteiger charge is 2.02. The van der Waals surface area contributed by atoms with Gasteiger partial charge in [-0.25, -0.2) is 5.43 Å². The molecule has 156 valence electrons. The van der Waals surface area contributed by atoms with Gasteiger partial charge in [0, 0.05) is 0 Å². The van der Waals surface area contributed by atoms with Crippen LogP contribution < -0.4 is 14.9 Å². The van der Waals surface area contributed by atoms with Gasteiger partial charge in [0.15, 0.2) is 6.61 Å². The summed E-state index contributed by atoms with van der Waals surface area (Å²) in [6.07, 6.45) is 9.07. The number of benzene rings is 2. The number of nitrogens with zero attached hydrogens (tertiary/aromatic N) is 1. The molecular weight excluding hydrogens is 364 g/mol. The second kappa shape index (κ2) is 13.4. The van der Waals surface area contributed by atoms with E-state index < -0.39 is 0 Å². The Bertz CT molecular complexity index is 740. The van der Waals surface area contributed by atoms with Crippen molar-refractivity contribution in [1.29, 1.82) is 0 Å². The van der Waals surface area contributed by atoms with Crippen LogP contribution in [0.3, 0.4) is 0 Å². The van der Waals surface area contributed by atoms with Crippen molar-refractivity contribution < 1.29 is 14.3 Å². The number of hydrazone groups is 1. The second-order valence-electron chi connectivity index (χ2n) is 7.08. The molecule has 0 aliphatic rings. The molecule has 2 rings (SSSR count). The molecule has 5 heteroatoms. The molecule has 0 aromatic heterocycles. The molecule has 0 saturated carbocycles. The summed E-state index contributed by atoms with van der Waals surface area (Å²) in [7, 11) is 0. The van der Waals surface area contributed by atoms with Gasteiger partial charge in [-0.1, -0.05) is 68.9 Å². The Morgan fingerprint density at radius 2 is 1.52 bits per heavy atom. The predicted octanol–water partition coefficient (Wildman–Crippen LogP) is 5.26. The minimum absolute atomic E-state index is 0.0940. The van der Waals surface area contributed by atoms with Gasteiger partial charge >= 0.3 is 0 Å². The van der Waals surface area contributed by atoms with Crippen molar-refractivity contribution in [3.63, 3.8) is 0 Å². The van der Waals surface area contributed by atoms with Gasteiger partial charge in [0.05, 0.1) is 12.8 Å². The van der Waals surface area contributed by atoms with Gasteiger partial charge in [-0.3, -0.25) is 4.79 Å². The van der Waals surface area contributed by atoms with E-state index in [9.17, 15) is 4.79 Å². The van der Waals surface area contributed by atoms with Crippen LogP contribution in [0.2, 0.25) is 0 Å². The van der Waals surface area contributed by atoms with Crippen molar-refractivity contribution in [2.45, 2.75) is 52.4 Å². The van der Waals surface area contributed by atoms with E-state index in [1.165, 1.54) is 37.7 Å². The zero-order chi connectivity index (χ0) is 20.7. The van der Waals surface area contributed by atoms with E-state index in [4.69, 9.17) is 9.47 Å². The Kier molecular flexibility index (Phi) is 10.4. The number of amides is 1. The molecule has 5 nitrogen and oxygen atoms in total. The zero-order valence-electron chi connectivity index (χ0n) is 17.5. The molecule has 0 aliphatic carbocycles. The molecule has 0 unspecified atom stereocenters. The van der Waals surface area contributed by atoms with Crippen molar-refractivity contribution in [2.24, 2.45) is 5.10 Å². The molecule has 0 atom stereocenters. The normalized spacial score (nSPS) is 10.8. The molecule has 1 N–H and O–H groups in total. The molecule has 0 fully saturated rings. The van der Waals surface area contributed by atoms with E-state index in [0.29, 0.717) is 5.75 Å². The van der Waals surface area contributed by atoms with Crippen LogP contribution in [-0.4, -0.2) is 25.3 Å². The van der Waals surface area contributed by atoms with Crippen molar-refractivity contribution in [3.05, 3.63) is 59.7 Å². The number of ether oxygens (including phenoxy) is 2. The third-order valence-corrected chi connectivity index (χ3v) is 4.44. The maximum atomic E-state index is 11.8. The van der Waals surface area contributed by atoms with Crippen molar-refractivity contribution in [1.82, 2.24) is 5.43 Å². The van der Waals surface area contributed by atoms with Crippen LogP contribution in [-0.2, 0) is 4.79 Å². The highest BCUT2D eigenvalue weighted by Crippen LogP contribution is 2.18. The first-order valence-electron chi connectivity index (χ1n) is 10.4. The summed E-state index contributed by atoms with van der Waals surface area (Å²) in [5.41, 5.74) is 4.56. The Balaban J connectivity index is 1.61. The van der Waals surface area contributed by atoms with Gasteiger partial charge in [-0.05, 0) is 43.2 Å². The minimum Gasteiger partial charge on any atom is -0.494 e. The van der Waals surface area contributed by atoms with Crippen LogP contribution in [0, 0.1) is 6.92 Å². The van der Waals surface area contributed by atoms with Gasteiger partial charge in [-0.2, -0.15) is 5.10 Å². The maximum Gasteiger partial charge on any atom is 0.277 e. The standard InChI is InChI=1S/C24H32N2O3/c1-3-4-5-6-7-8-17-28-22-13-15-23(16-14-22)29-19-24(27)26-25-18-21-11-9-20(2)10-12-21/h9-16,18H,3-8,17,19H2,1-2H3,(H,26,27). The molecule has 2 aromatic carbocycles. The van der Waals surface area contributed by atoms with Gasteiger partial charge in [0.25, 0.3) is 5.91 Å². The van der Waals surface area contributed by atoms with Crippen LogP contribution in [0.4, 0.5) is 0 Å². The monoisotopic (exact) mass is 396 g/mol. The van der Waals surface area contributed by atoms with Crippen LogP contribution in [0.25, 0.3) is 0 Å². The average Bonchev–Trinajstić information content (AvgIpc) is 2.74. The van der Waals surface area contributed by atoms with Gasteiger partial charge < -0.3 is 9.47 Å². The van der Waals surface area contributed by atoms with Gasteiger partial charge in [0.1, 0.15) is 11.5 Å². The fourth-order valence-electron chi connectivity index (χ4n) is 2.72. The molecule has 0 spiro atoms. The summed E-state index contributed by atoms with van der Waals surface area (Å²) in [4.78, 5) is 11.8. The van der Waals surface area contributed by atoms with Gasteiger partial charge in [0.2, 0.25) is 0 Å². The maximum absolute atomic E-state index is 11.8. The third kappa shape index (κ3) is 9.79. The first-order valence-corrected chi connectivity index (χ1v) is 10.4. The van der Waals surface area contributed by atoms with Crippen LogP contribution in [0.15, 0.2) is 53.6 Å². The number of unbranched alkanes of at least 4 members (excludes halogenated alkanes) is 5. The van der Waals surface area contributed by atoms with Crippen LogP contribution in [0.5, 0.6) is 11.5 Å². The summed E-state index contributed by atoms with van der Waals surface area (Å²) in [6.45, 7) is 4.88. The fourth-order valence-corrected chi connectivity index (χ4v) is 2.72. The van der Waals surface area contributed by atoms with Gasteiger partial charge in [-0.15, -0.1) is 0 Å². The van der Waals surface area contributed by atoms with Crippen molar-refractivity contribution >= 4 is 12.1 Å². The largest absolute Gasteiger partial charge is 0.494 e. The molecule has 0 radical (unpaired) electrons. The predicted molar refractivity (Wildman–Crippen MR) is 118 cm³/mol. The number of carbonyl (C=O) groups excluding carboxylic acids is 1. The summed E-state index contributed by atoms with van der Waals surface area (Å²) in [5.74, 6) is 1.13. The highest BCUT2D eigenvalue weighted by molar-refractivity contribution is 5.82. The molecule has 2 aromatic rings. The Labute approximate surface area is 174 Å². The minimum atomic E-state index is -0.309. The number of hydrogen-bond donors (Lipinski definition) is 1. The molecule has 29 heavy (non-hydrogen) atoms. The number of carbonyl (C=O) groups is 1. The van der Waals surface area contributed by atoms with E-state index in [2.05, 4.69) is 17.5 Å². The van der Waals surface area contributed by atoms with E-state index in [1.807, 2.05) is 43.3 Å². The average molecular weight is 397 g/mol. The lowest BCUT2D eigenvalue weighted by Gasteiger charge is -2.08. The Hall–Kier alpha value is -2.82. The highest BCUT2D eigenvalue weighted by atomic mass is 16.5. The SMILES string of the molecule is CCCCCCCCOc1ccc(OCC(=O)NN=Cc2ccc(C)cc2)cc1. The molecule has 0 heterocycles. The van der Waals surface area contributed by atoms with E-state index in [0.717, 1.165) is 24.3 Å². The molecule has 1 amide bonds. The smallest absolute Gasteiger partial charge is 0.277 e. The van der Waals surface area contributed by atoms with E-state index >= 15 is 0 Å². The summed E-state index contributed by atoms with van der Waals surface area (Å²) in [5, 5.41) is 3.94. The first kappa shape index (κ1) is 22.5. The zero-order valence-corrected chi connectivity index (χ0v) is 17.5. The first-order chi connectivity index (χ1) is 14.2. The van der Waals surface area contributed by atoms with E-state index in [-0.39, 0.29) is 12.5 Å². The van der Waals surface area contributed by atoms with Crippen LogP contribution >= 0.6 is 0 Å². The third-order valence-electron chi connectivity index (χ3n) is 4.44.